The van der Waals surface area contributed by atoms with Gasteiger partial charge in [-0.15, -0.1) is 0 Å². The first-order valence-corrected chi connectivity index (χ1v) is 6.72. The fourth-order valence-electron chi connectivity index (χ4n) is 2.68. The summed E-state index contributed by atoms with van der Waals surface area (Å²) in [4.78, 5) is 2.30. The Morgan fingerprint density at radius 1 is 1.50 bits per heavy atom. The molecule has 3 heteroatoms. The van der Waals surface area contributed by atoms with Crippen LogP contribution in [0.1, 0.15) is 37.0 Å². The molecule has 0 aliphatic carbocycles. The lowest BCUT2D eigenvalue weighted by Gasteiger charge is -2.32. The van der Waals surface area contributed by atoms with Gasteiger partial charge in [-0.2, -0.15) is 0 Å². The molecule has 0 saturated carbocycles. The van der Waals surface area contributed by atoms with Gasteiger partial charge >= 0.3 is 0 Å². The predicted molar refractivity (Wildman–Crippen MR) is 70.9 cm³/mol. The van der Waals surface area contributed by atoms with Crippen LogP contribution in [0.25, 0.3) is 0 Å². The highest BCUT2D eigenvalue weighted by Gasteiger charge is 2.19. The number of halogens is 1. The van der Waals surface area contributed by atoms with Crippen LogP contribution in [0.15, 0.2) is 18.2 Å². The number of β-amino-alcohol motifs (C(OH)–C–C–N with tert-alkyl or cyclic N) is 1. The van der Waals surface area contributed by atoms with Crippen LogP contribution in [0, 0.1) is 18.7 Å². The Balaban J connectivity index is 1.98. The Hall–Kier alpha value is -0.930. The summed E-state index contributed by atoms with van der Waals surface area (Å²) in [5.41, 5.74) is 1.41. The zero-order valence-electron chi connectivity index (χ0n) is 11.2. The summed E-state index contributed by atoms with van der Waals surface area (Å²) in [7, 11) is 0. The molecule has 1 heterocycles. The van der Waals surface area contributed by atoms with E-state index in [0.717, 1.165) is 18.7 Å². The summed E-state index contributed by atoms with van der Waals surface area (Å²) in [6.07, 6.45) is 1.97. The van der Waals surface area contributed by atoms with Crippen LogP contribution in [-0.2, 0) is 0 Å². The quantitative estimate of drug-likeness (QED) is 0.893. The van der Waals surface area contributed by atoms with Gasteiger partial charge in [-0.05, 0) is 49.4 Å². The molecule has 1 aliphatic rings. The minimum Gasteiger partial charge on any atom is -0.387 e. The van der Waals surface area contributed by atoms with E-state index in [4.69, 9.17) is 0 Å². The van der Waals surface area contributed by atoms with Gasteiger partial charge in [0.1, 0.15) is 5.82 Å². The molecule has 100 valence electrons. The standard InChI is InChI=1S/C15H22FNO/c1-11-4-3-7-17(9-11)10-15(18)13-5-6-14(16)12(2)8-13/h5-6,8,11,15,18H,3-4,7,9-10H2,1-2H3. The third kappa shape index (κ3) is 3.30. The van der Waals surface area contributed by atoms with Crippen LogP contribution in [0.4, 0.5) is 4.39 Å². The van der Waals surface area contributed by atoms with Crippen molar-refractivity contribution in [3.05, 3.63) is 35.1 Å². The highest BCUT2D eigenvalue weighted by Crippen LogP contribution is 2.21. The Morgan fingerprint density at radius 3 is 2.94 bits per heavy atom. The molecule has 2 atom stereocenters. The topological polar surface area (TPSA) is 23.5 Å². The van der Waals surface area contributed by atoms with Gasteiger partial charge in [-0.3, -0.25) is 0 Å². The Kier molecular flexibility index (Phi) is 4.36. The first-order valence-electron chi connectivity index (χ1n) is 6.72. The molecule has 1 fully saturated rings. The van der Waals surface area contributed by atoms with Gasteiger partial charge in [0.05, 0.1) is 6.10 Å². The first-order chi connectivity index (χ1) is 8.56. The smallest absolute Gasteiger partial charge is 0.126 e. The summed E-state index contributed by atoms with van der Waals surface area (Å²) in [6, 6.07) is 4.86. The first kappa shape index (κ1) is 13.5. The molecule has 2 unspecified atom stereocenters. The van der Waals surface area contributed by atoms with Crippen molar-refractivity contribution in [1.82, 2.24) is 4.90 Å². The third-order valence-corrected chi connectivity index (χ3v) is 3.74. The summed E-state index contributed by atoms with van der Waals surface area (Å²) >= 11 is 0. The van der Waals surface area contributed by atoms with Crippen LogP contribution in [0.5, 0.6) is 0 Å². The van der Waals surface area contributed by atoms with Gasteiger partial charge < -0.3 is 10.0 Å². The molecule has 2 rings (SSSR count). The van der Waals surface area contributed by atoms with Crippen molar-refractivity contribution in [1.29, 1.82) is 0 Å². The molecule has 0 spiro atoms. The van der Waals surface area contributed by atoms with E-state index in [1.165, 1.54) is 18.9 Å². The van der Waals surface area contributed by atoms with Gasteiger partial charge in [0.2, 0.25) is 0 Å². The van der Waals surface area contributed by atoms with Crippen LogP contribution in [0.2, 0.25) is 0 Å². The van der Waals surface area contributed by atoms with E-state index in [1.807, 2.05) is 0 Å². The number of hydrogen-bond donors (Lipinski definition) is 1. The van der Waals surface area contributed by atoms with Gasteiger partial charge in [-0.25, -0.2) is 4.39 Å². The maximum atomic E-state index is 13.2. The third-order valence-electron chi connectivity index (χ3n) is 3.74. The lowest BCUT2D eigenvalue weighted by atomic mass is 9.99. The number of aliphatic hydroxyl groups is 1. The van der Waals surface area contributed by atoms with Crippen molar-refractivity contribution < 1.29 is 9.50 Å². The average molecular weight is 251 g/mol. The fraction of sp³-hybridized carbons (Fsp3) is 0.600. The van der Waals surface area contributed by atoms with Gasteiger partial charge in [0, 0.05) is 13.1 Å². The van der Waals surface area contributed by atoms with E-state index in [1.54, 1.807) is 19.1 Å². The minimum absolute atomic E-state index is 0.211. The van der Waals surface area contributed by atoms with E-state index < -0.39 is 6.10 Å². The van der Waals surface area contributed by atoms with Gasteiger partial charge in [-0.1, -0.05) is 19.1 Å². The normalized spacial score (nSPS) is 23.0. The monoisotopic (exact) mass is 251 g/mol. The molecular formula is C15H22FNO. The molecule has 0 radical (unpaired) electrons. The maximum absolute atomic E-state index is 13.2. The molecule has 0 aromatic heterocycles. The second-order valence-electron chi connectivity index (χ2n) is 5.53. The highest BCUT2D eigenvalue weighted by molar-refractivity contribution is 5.25. The van der Waals surface area contributed by atoms with Gasteiger partial charge in [0.25, 0.3) is 0 Å². The Labute approximate surface area is 108 Å². The lowest BCUT2D eigenvalue weighted by molar-refractivity contribution is 0.0875. The molecule has 18 heavy (non-hydrogen) atoms. The summed E-state index contributed by atoms with van der Waals surface area (Å²) in [6.45, 7) is 6.74. The molecule has 1 N–H and O–H groups in total. The van der Waals surface area contributed by atoms with Crippen LogP contribution < -0.4 is 0 Å². The second-order valence-corrected chi connectivity index (χ2v) is 5.53. The van der Waals surface area contributed by atoms with Crippen molar-refractivity contribution in [2.45, 2.75) is 32.8 Å². The van der Waals surface area contributed by atoms with E-state index in [0.29, 0.717) is 18.0 Å². The number of benzene rings is 1. The van der Waals surface area contributed by atoms with Gasteiger partial charge in [0.15, 0.2) is 0 Å². The lowest BCUT2D eigenvalue weighted by Crippen LogP contribution is -2.37. The summed E-state index contributed by atoms with van der Waals surface area (Å²) < 4.78 is 13.2. The van der Waals surface area contributed by atoms with Crippen molar-refractivity contribution in [2.75, 3.05) is 19.6 Å². The van der Waals surface area contributed by atoms with Crippen LogP contribution in [-0.4, -0.2) is 29.6 Å². The molecule has 1 aromatic rings. The van der Waals surface area contributed by atoms with E-state index in [9.17, 15) is 9.50 Å². The molecule has 1 aliphatic heterocycles. The molecule has 1 saturated heterocycles. The number of aryl methyl sites for hydroxylation is 1. The number of piperidine rings is 1. The summed E-state index contributed by atoms with van der Waals surface area (Å²) in [5, 5.41) is 10.2. The average Bonchev–Trinajstić information content (AvgIpc) is 2.32. The maximum Gasteiger partial charge on any atom is 0.126 e. The summed E-state index contributed by atoms with van der Waals surface area (Å²) in [5.74, 6) is 0.499. The van der Waals surface area contributed by atoms with Crippen molar-refractivity contribution in [3.8, 4) is 0 Å². The van der Waals surface area contributed by atoms with Crippen molar-refractivity contribution >= 4 is 0 Å². The Bertz CT molecular complexity index is 407. The van der Waals surface area contributed by atoms with Crippen LogP contribution in [0.3, 0.4) is 0 Å². The predicted octanol–water partition coefficient (Wildman–Crippen LogP) is 2.90. The Morgan fingerprint density at radius 2 is 2.28 bits per heavy atom. The highest BCUT2D eigenvalue weighted by atomic mass is 19.1. The second kappa shape index (κ2) is 5.81. The van der Waals surface area contributed by atoms with E-state index in [-0.39, 0.29) is 5.82 Å². The van der Waals surface area contributed by atoms with Crippen LogP contribution >= 0.6 is 0 Å². The van der Waals surface area contributed by atoms with Crippen molar-refractivity contribution in [3.63, 3.8) is 0 Å². The minimum atomic E-state index is -0.519. The molecular weight excluding hydrogens is 229 g/mol. The number of hydrogen-bond acceptors (Lipinski definition) is 2. The zero-order chi connectivity index (χ0) is 13.1. The molecule has 0 bridgehead atoms. The molecule has 2 nitrogen and oxygen atoms in total. The number of aliphatic hydroxyl groups excluding tert-OH is 1. The van der Waals surface area contributed by atoms with E-state index in [2.05, 4.69) is 11.8 Å². The van der Waals surface area contributed by atoms with Crippen molar-refractivity contribution in [2.24, 2.45) is 5.92 Å². The SMILES string of the molecule is Cc1cc(C(O)CN2CCCC(C)C2)ccc1F. The van der Waals surface area contributed by atoms with E-state index >= 15 is 0 Å². The zero-order valence-corrected chi connectivity index (χ0v) is 11.2. The largest absolute Gasteiger partial charge is 0.387 e. The number of nitrogens with zero attached hydrogens (tertiary/aromatic N) is 1. The number of likely N-dealkylation sites (tertiary alicyclic amines) is 1. The molecule has 1 aromatic carbocycles. The molecule has 0 amide bonds. The number of rotatable bonds is 3. The fourth-order valence-corrected chi connectivity index (χ4v) is 2.68.